The number of fused-ring (bicyclic) bond motifs is 1. The molecule has 1 aliphatic rings. The Hall–Kier alpha value is -1.82. The van der Waals surface area contributed by atoms with E-state index >= 15 is 0 Å². The minimum Gasteiger partial charge on any atom is -0.395 e. The van der Waals surface area contributed by atoms with E-state index in [9.17, 15) is 8.78 Å². The predicted molar refractivity (Wildman–Crippen MR) is 78.8 cm³/mol. The van der Waals surface area contributed by atoms with E-state index in [2.05, 4.69) is 30.7 Å². The van der Waals surface area contributed by atoms with Gasteiger partial charge < -0.3 is 14.8 Å². The Morgan fingerprint density at radius 1 is 1.10 bits per heavy atom. The first-order valence-corrected chi connectivity index (χ1v) is 7.14. The average Bonchev–Trinajstić information content (AvgIpc) is 2.72. The zero-order valence-corrected chi connectivity index (χ0v) is 12.7. The first kappa shape index (κ1) is 14.1. The summed E-state index contributed by atoms with van der Waals surface area (Å²) < 4.78 is 35.7. The quantitative estimate of drug-likeness (QED) is 0.845. The summed E-state index contributed by atoms with van der Waals surface area (Å²) in [6.45, 7) is 1.99. The number of ether oxygens (including phenoxy) is 2. The number of benzene rings is 2. The number of anilines is 1. The van der Waals surface area contributed by atoms with Crippen molar-refractivity contribution in [3.05, 3.63) is 52.5 Å². The van der Waals surface area contributed by atoms with Gasteiger partial charge in [-0.2, -0.15) is 0 Å². The highest BCUT2D eigenvalue weighted by Gasteiger charge is 2.43. The normalized spacial score (nSPS) is 16.6. The molecule has 1 N–H and O–H groups in total. The smallest absolute Gasteiger partial charge is 0.395 e. The first-order chi connectivity index (χ1) is 9.93. The van der Waals surface area contributed by atoms with Crippen molar-refractivity contribution >= 4 is 21.6 Å². The van der Waals surface area contributed by atoms with Crippen molar-refractivity contribution in [2.75, 3.05) is 5.32 Å². The molecule has 0 fully saturated rings. The second kappa shape index (κ2) is 5.18. The summed E-state index contributed by atoms with van der Waals surface area (Å²) >= 11 is 3.42. The summed E-state index contributed by atoms with van der Waals surface area (Å²) in [4.78, 5) is 0. The second-order valence-corrected chi connectivity index (χ2v) is 5.67. The van der Waals surface area contributed by atoms with E-state index in [-0.39, 0.29) is 17.5 Å². The molecule has 2 aromatic rings. The maximum Gasteiger partial charge on any atom is 0.586 e. The van der Waals surface area contributed by atoms with Crippen molar-refractivity contribution in [3.63, 3.8) is 0 Å². The topological polar surface area (TPSA) is 30.5 Å². The molecule has 0 saturated carbocycles. The fourth-order valence-corrected chi connectivity index (χ4v) is 2.56. The Kier molecular flexibility index (Phi) is 3.49. The lowest BCUT2D eigenvalue weighted by Gasteiger charge is -2.16. The van der Waals surface area contributed by atoms with Crippen molar-refractivity contribution in [1.82, 2.24) is 0 Å². The molecule has 0 bridgehead atoms. The molecule has 1 unspecified atom stereocenters. The number of hydrogen-bond donors (Lipinski definition) is 1. The maximum atomic E-state index is 13.0. The van der Waals surface area contributed by atoms with Crippen LogP contribution in [0.3, 0.4) is 0 Å². The molecule has 1 aliphatic heterocycles. The molecule has 0 radical (unpaired) electrons. The van der Waals surface area contributed by atoms with Gasteiger partial charge in [0.2, 0.25) is 0 Å². The van der Waals surface area contributed by atoms with Gasteiger partial charge in [0.1, 0.15) is 0 Å². The number of rotatable bonds is 3. The summed E-state index contributed by atoms with van der Waals surface area (Å²) in [7, 11) is 0. The Bertz CT molecular complexity index is 678. The van der Waals surface area contributed by atoms with Crippen LogP contribution in [0.4, 0.5) is 14.5 Å². The minimum atomic E-state index is -3.59. The molecule has 2 aromatic carbocycles. The van der Waals surface area contributed by atoms with E-state index in [0.717, 1.165) is 10.0 Å². The largest absolute Gasteiger partial charge is 0.586 e. The van der Waals surface area contributed by atoms with Gasteiger partial charge in [0.05, 0.1) is 0 Å². The molecule has 6 heteroatoms. The molecule has 3 nitrogen and oxygen atoms in total. The molecule has 1 atom stereocenters. The van der Waals surface area contributed by atoms with E-state index in [1.165, 1.54) is 12.1 Å². The number of nitrogens with one attached hydrogen (secondary N) is 1. The molecule has 110 valence electrons. The second-order valence-electron chi connectivity index (χ2n) is 4.75. The van der Waals surface area contributed by atoms with Crippen molar-refractivity contribution in [1.29, 1.82) is 0 Å². The van der Waals surface area contributed by atoms with Crippen LogP contribution in [0.2, 0.25) is 0 Å². The monoisotopic (exact) mass is 355 g/mol. The maximum absolute atomic E-state index is 13.0. The summed E-state index contributed by atoms with van der Waals surface area (Å²) in [5.74, 6) is 0.0760. The predicted octanol–water partition coefficient (Wildman–Crippen LogP) is 4.94. The van der Waals surface area contributed by atoms with Gasteiger partial charge in [0.25, 0.3) is 0 Å². The van der Waals surface area contributed by atoms with E-state index in [4.69, 9.17) is 0 Å². The highest BCUT2D eigenvalue weighted by molar-refractivity contribution is 9.10. The fraction of sp³-hybridized carbons (Fsp3) is 0.200. The Morgan fingerprint density at radius 3 is 2.62 bits per heavy atom. The SMILES string of the molecule is CC(Nc1ccc2c(c1)OC(F)(F)O2)c1cccc(Br)c1. The highest BCUT2D eigenvalue weighted by atomic mass is 79.9. The average molecular weight is 356 g/mol. The minimum absolute atomic E-state index is 0.0170. The van der Waals surface area contributed by atoms with Crippen LogP contribution < -0.4 is 14.8 Å². The molecule has 0 amide bonds. The van der Waals surface area contributed by atoms with Crippen molar-refractivity contribution in [2.24, 2.45) is 0 Å². The molecule has 0 spiro atoms. The first-order valence-electron chi connectivity index (χ1n) is 6.35. The highest BCUT2D eigenvalue weighted by Crippen LogP contribution is 2.42. The van der Waals surface area contributed by atoms with Crippen molar-refractivity contribution in [2.45, 2.75) is 19.3 Å². The molecule has 21 heavy (non-hydrogen) atoms. The van der Waals surface area contributed by atoms with Crippen LogP contribution in [0.1, 0.15) is 18.5 Å². The summed E-state index contributed by atoms with van der Waals surface area (Å²) in [6.07, 6.45) is -3.59. The van der Waals surface area contributed by atoms with Crippen LogP contribution in [0.5, 0.6) is 11.5 Å². The van der Waals surface area contributed by atoms with Crippen LogP contribution in [0.25, 0.3) is 0 Å². The molecule has 3 rings (SSSR count). The van der Waals surface area contributed by atoms with E-state index in [1.54, 1.807) is 6.07 Å². The molecule has 0 aromatic heterocycles. The summed E-state index contributed by atoms with van der Waals surface area (Å²) in [5.41, 5.74) is 1.76. The Balaban J connectivity index is 1.77. The van der Waals surface area contributed by atoms with Gasteiger partial charge in [-0.1, -0.05) is 28.1 Å². The lowest BCUT2D eigenvalue weighted by atomic mass is 10.1. The zero-order valence-electron chi connectivity index (χ0n) is 11.1. The van der Waals surface area contributed by atoms with Gasteiger partial charge >= 0.3 is 6.29 Å². The van der Waals surface area contributed by atoms with Crippen LogP contribution >= 0.6 is 15.9 Å². The third-order valence-electron chi connectivity index (χ3n) is 3.13. The van der Waals surface area contributed by atoms with Crippen LogP contribution in [0, 0.1) is 0 Å². The summed E-state index contributed by atoms with van der Waals surface area (Å²) in [6, 6.07) is 12.5. The molecule has 0 saturated heterocycles. The van der Waals surface area contributed by atoms with E-state index in [1.807, 2.05) is 31.2 Å². The lowest BCUT2D eigenvalue weighted by Crippen LogP contribution is -2.25. The van der Waals surface area contributed by atoms with Gasteiger partial charge in [-0.25, -0.2) is 0 Å². The lowest BCUT2D eigenvalue weighted by molar-refractivity contribution is -0.286. The third-order valence-corrected chi connectivity index (χ3v) is 3.63. The van der Waals surface area contributed by atoms with Crippen LogP contribution in [0.15, 0.2) is 46.9 Å². The fourth-order valence-electron chi connectivity index (χ4n) is 2.15. The van der Waals surface area contributed by atoms with Crippen molar-refractivity contribution in [3.8, 4) is 11.5 Å². The molecule has 1 heterocycles. The number of halogens is 3. The Labute approximate surface area is 129 Å². The molecular formula is C15H12BrF2NO2. The van der Waals surface area contributed by atoms with Crippen molar-refractivity contribution < 1.29 is 18.3 Å². The number of alkyl halides is 2. The third kappa shape index (κ3) is 3.10. The van der Waals surface area contributed by atoms with E-state index in [0.29, 0.717) is 5.69 Å². The van der Waals surface area contributed by atoms with Crippen LogP contribution in [-0.4, -0.2) is 6.29 Å². The van der Waals surface area contributed by atoms with Gasteiger partial charge in [0.15, 0.2) is 11.5 Å². The van der Waals surface area contributed by atoms with E-state index < -0.39 is 6.29 Å². The molecule has 0 aliphatic carbocycles. The van der Waals surface area contributed by atoms with Crippen LogP contribution in [-0.2, 0) is 0 Å². The number of hydrogen-bond acceptors (Lipinski definition) is 3. The Morgan fingerprint density at radius 2 is 1.86 bits per heavy atom. The van der Waals surface area contributed by atoms with Gasteiger partial charge in [0, 0.05) is 22.3 Å². The van der Waals surface area contributed by atoms with Gasteiger partial charge in [-0.15, -0.1) is 8.78 Å². The molecular weight excluding hydrogens is 344 g/mol. The zero-order chi connectivity index (χ0) is 15.0. The van der Waals surface area contributed by atoms with Gasteiger partial charge in [-0.3, -0.25) is 0 Å². The standard InChI is InChI=1S/C15H12BrF2NO2/c1-9(10-3-2-4-11(16)7-10)19-12-5-6-13-14(8-12)21-15(17,18)20-13/h2-9,19H,1H3. The summed E-state index contributed by atoms with van der Waals surface area (Å²) in [5, 5.41) is 3.24. The van der Waals surface area contributed by atoms with Gasteiger partial charge in [-0.05, 0) is 36.8 Å².